The average molecular weight is 338 g/mol. The highest BCUT2D eigenvalue weighted by atomic mass is 19.1. The highest BCUT2D eigenvalue weighted by Crippen LogP contribution is 2.28. The van der Waals surface area contributed by atoms with Gasteiger partial charge in [-0.1, -0.05) is 0 Å². The number of ether oxygens (including phenoxy) is 1. The smallest absolute Gasteiger partial charge is 0.317 e. The Balaban J connectivity index is 1.97. The van der Waals surface area contributed by atoms with Gasteiger partial charge in [-0.05, 0) is 56.7 Å². The number of rotatable bonds is 5. The number of hydrogen-bond donors (Lipinski definition) is 2. The van der Waals surface area contributed by atoms with E-state index >= 15 is 0 Å². The Labute approximate surface area is 142 Å². The van der Waals surface area contributed by atoms with Gasteiger partial charge in [0.05, 0.1) is 13.2 Å². The zero-order valence-electron chi connectivity index (χ0n) is 14.6. The third kappa shape index (κ3) is 4.38. The highest BCUT2D eigenvalue weighted by molar-refractivity contribution is 5.75. The first kappa shape index (κ1) is 18.5. The molecule has 1 aromatic rings. The second kappa shape index (κ2) is 8.33. The molecule has 1 aromatic carbocycles. The lowest BCUT2D eigenvalue weighted by Crippen LogP contribution is -2.45. The number of hydrogen-bond acceptors (Lipinski definition) is 3. The molecule has 2 amide bonds. The number of benzene rings is 1. The predicted molar refractivity (Wildman–Crippen MR) is 90.5 cm³/mol. The Kier molecular flexibility index (Phi) is 6.43. The molecule has 0 bridgehead atoms. The molecule has 1 fully saturated rings. The van der Waals surface area contributed by atoms with Gasteiger partial charge in [-0.2, -0.15) is 0 Å². The van der Waals surface area contributed by atoms with E-state index in [1.807, 2.05) is 6.92 Å². The van der Waals surface area contributed by atoms with Crippen LogP contribution in [-0.4, -0.2) is 42.8 Å². The van der Waals surface area contributed by atoms with E-state index in [2.05, 4.69) is 5.32 Å². The van der Waals surface area contributed by atoms with Gasteiger partial charge < -0.3 is 20.1 Å². The second-order valence-corrected chi connectivity index (χ2v) is 6.53. The molecule has 0 heterocycles. The number of carbonyl (C=O) groups excluding carboxylic acids is 1. The zero-order valence-corrected chi connectivity index (χ0v) is 14.6. The SMILES string of the molecule is COc1ccc(F)cc1C(C)NC(=O)N(C)C1CCC(CO)CC1. The Morgan fingerprint density at radius 1 is 1.42 bits per heavy atom. The molecule has 1 unspecified atom stereocenters. The van der Waals surface area contributed by atoms with Crippen molar-refractivity contribution >= 4 is 6.03 Å². The minimum atomic E-state index is -0.362. The molecule has 1 saturated carbocycles. The van der Waals surface area contributed by atoms with Gasteiger partial charge in [-0.3, -0.25) is 0 Å². The average Bonchev–Trinajstić information content (AvgIpc) is 2.61. The van der Waals surface area contributed by atoms with Gasteiger partial charge in [0.15, 0.2) is 0 Å². The van der Waals surface area contributed by atoms with Crippen molar-refractivity contribution in [2.24, 2.45) is 5.92 Å². The van der Waals surface area contributed by atoms with Crippen LogP contribution in [0.1, 0.15) is 44.2 Å². The van der Waals surface area contributed by atoms with E-state index in [-0.39, 0.29) is 30.5 Å². The van der Waals surface area contributed by atoms with Crippen LogP contribution in [0.4, 0.5) is 9.18 Å². The minimum absolute atomic E-state index is 0.175. The second-order valence-electron chi connectivity index (χ2n) is 6.53. The van der Waals surface area contributed by atoms with Crippen LogP contribution in [0.3, 0.4) is 0 Å². The maximum atomic E-state index is 13.5. The number of amides is 2. The summed E-state index contributed by atoms with van der Waals surface area (Å²) in [6.45, 7) is 2.03. The zero-order chi connectivity index (χ0) is 17.7. The van der Waals surface area contributed by atoms with Crippen molar-refractivity contribution < 1.29 is 19.0 Å². The van der Waals surface area contributed by atoms with Crippen LogP contribution in [0.2, 0.25) is 0 Å². The van der Waals surface area contributed by atoms with Gasteiger partial charge in [0.25, 0.3) is 0 Å². The molecule has 0 saturated heterocycles. The number of carbonyl (C=O) groups is 1. The third-order valence-corrected chi connectivity index (χ3v) is 4.94. The van der Waals surface area contributed by atoms with Crippen LogP contribution in [-0.2, 0) is 0 Å². The van der Waals surface area contributed by atoms with E-state index in [0.717, 1.165) is 25.7 Å². The summed E-state index contributed by atoms with van der Waals surface area (Å²) >= 11 is 0. The van der Waals surface area contributed by atoms with Gasteiger partial charge in [0.1, 0.15) is 11.6 Å². The first-order chi connectivity index (χ1) is 11.5. The maximum Gasteiger partial charge on any atom is 0.317 e. The molecule has 0 aromatic heterocycles. The number of aliphatic hydroxyl groups is 1. The summed E-state index contributed by atoms with van der Waals surface area (Å²) in [7, 11) is 3.31. The lowest BCUT2D eigenvalue weighted by Gasteiger charge is -2.34. The number of nitrogens with zero attached hydrogens (tertiary/aromatic N) is 1. The Hall–Kier alpha value is -1.82. The Morgan fingerprint density at radius 2 is 2.08 bits per heavy atom. The van der Waals surface area contributed by atoms with Crippen LogP contribution in [0, 0.1) is 11.7 Å². The van der Waals surface area contributed by atoms with Gasteiger partial charge in [-0.25, -0.2) is 9.18 Å². The summed E-state index contributed by atoms with van der Waals surface area (Å²) in [6.07, 6.45) is 3.66. The molecule has 1 aliphatic rings. The van der Waals surface area contributed by atoms with Crippen LogP contribution < -0.4 is 10.1 Å². The molecule has 2 N–H and O–H groups in total. The number of methoxy groups -OCH3 is 1. The third-order valence-electron chi connectivity index (χ3n) is 4.94. The monoisotopic (exact) mass is 338 g/mol. The molecule has 5 nitrogen and oxygen atoms in total. The standard InChI is InChI=1S/C18H27FN2O3/c1-12(16-10-14(19)6-9-17(16)24-3)20-18(23)21(2)15-7-4-13(11-22)5-8-15/h6,9-10,12-13,15,22H,4-5,7-8,11H2,1-3H3,(H,20,23). The molecule has 1 aliphatic carbocycles. The summed E-state index contributed by atoms with van der Waals surface area (Å²) in [4.78, 5) is 14.2. The summed E-state index contributed by atoms with van der Waals surface area (Å²) in [6, 6.07) is 3.92. The molecule has 0 radical (unpaired) electrons. The molecule has 6 heteroatoms. The number of nitrogens with one attached hydrogen (secondary N) is 1. The fourth-order valence-electron chi connectivity index (χ4n) is 3.29. The first-order valence-electron chi connectivity index (χ1n) is 8.43. The molecule has 134 valence electrons. The Bertz CT molecular complexity index is 559. The van der Waals surface area contributed by atoms with Gasteiger partial charge >= 0.3 is 6.03 Å². The quantitative estimate of drug-likeness (QED) is 0.867. The van der Waals surface area contributed by atoms with Crippen LogP contribution in [0.15, 0.2) is 18.2 Å². The van der Waals surface area contributed by atoms with E-state index < -0.39 is 0 Å². The van der Waals surface area contributed by atoms with E-state index in [9.17, 15) is 14.3 Å². The molecule has 0 aliphatic heterocycles. The summed E-state index contributed by atoms with van der Waals surface area (Å²) in [5.41, 5.74) is 0.614. The molecule has 0 spiro atoms. The van der Waals surface area contributed by atoms with Crippen molar-refractivity contribution in [1.29, 1.82) is 0 Å². The molecule has 2 rings (SSSR count). The largest absolute Gasteiger partial charge is 0.496 e. The van der Waals surface area contributed by atoms with Crippen molar-refractivity contribution in [3.8, 4) is 5.75 Å². The van der Waals surface area contributed by atoms with Gasteiger partial charge in [0, 0.05) is 25.3 Å². The van der Waals surface area contributed by atoms with Crippen molar-refractivity contribution in [3.63, 3.8) is 0 Å². The number of aliphatic hydroxyl groups excluding tert-OH is 1. The topological polar surface area (TPSA) is 61.8 Å². The van der Waals surface area contributed by atoms with Crippen LogP contribution in [0.25, 0.3) is 0 Å². The highest BCUT2D eigenvalue weighted by Gasteiger charge is 2.27. The van der Waals surface area contributed by atoms with E-state index in [1.54, 1.807) is 18.0 Å². The maximum absolute atomic E-state index is 13.5. The van der Waals surface area contributed by atoms with Crippen molar-refractivity contribution in [1.82, 2.24) is 10.2 Å². The Morgan fingerprint density at radius 3 is 2.67 bits per heavy atom. The lowest BCUT2D eigenvalue weighted by atomic mass is 9.86. The molecule has 24 heavy (non-hydrogen) atoms. The van der Waals surface area contributed by atoms with E-state index in [0.29, 0.717) is 17.2 Å². The number of halogens is 1. The van der Waals surface area contributed by atoms with Crippen LogP contribution >= 0.6 is 0 Å². The van der Waals surface area contributed by atoms with Gasteiger partial charge in [0.2, 0.25) is 0 Å². The predicted octanol–water partition coefficient (Wildman–Crippen LogP) is 3.09. The summed E-state index contributed by atoms with van der Waals surface area (Å²) in [5.74, 6) is 0.547. The van der Waals surface area contributed by atoms with Crippen LogP contribution in [0.5, 0.6) is 5.75 Å². The molecular formula is C18H27FN2O3. The normalized spacial score (nSPS) is 21.9. The number of urea groups is 1. The van der Waals surface area contributed by atoms with Gasteiger partial charge in [-0.15, -0.1) is 0 Å². The lowest BCUT2D eigenvalue weighted by molar-refractivity contribution is 0.133. The van der Waals surface area contributed by atoms with Crippen molar-refractivity contribution in [3.05, 3.63) is 29.6 Å². The first-order valence-corrected chi connectivity index (χ1v) is 8.43. The van der Waals surface area contributed by atoms with E-state index in [4.69, 9.17) is 4.74 Å². The van der Waals surface area contributed by atoms with Crippen molar-refractivity contribution in [2.75, 3.05) is 20.8 Å². The summed E-state index contributed by atoms with van der Waals surface area (Å²) in [5, 5.41) is 12.1. The fourth-order valence-corrected chi connectivity index (χ4v) is 3.29. The minimum Gasteiger partial charge on any atom is -0.496 e. The van der Waals surface area contributed by atoms with Crippen molar-refractivity contribution in [2.45, 2.75) is 44.7 Å². The van der Waals surface area contributed by atoms with E-state index in [1.165, 1.54) is 19.2 Å². The molecular weight excluding hydrogens is 311 g/mol. The molecule has 1 atom stereocenters. The summed E-state index contributed by atoms with van der Waals surface area (Å²) < 4.78 is 18.8. The fraction of sp³-hybridized carbons (Fsp3) is 0.611.